The van der Waals surface area contributed by atoms with E-state index in [1.165, 1.54) is 41.3 Å². The summed E-state index contributed by atoms with van der Waals surface area (Å²) in [7, 11) is 0. The third-order valence-electron chi connectivity index (χ3n) is 5.70. The van der Waals surface area contributed by atoms with Gasteiger partial charge >= 0.3 is 0 Å². The zero-order valence-electron chi connectivity index (χ0n) is 17.2. The summed E-state index contributed by atoms with van der Waals surface area (Å²) in [6, 6.07) is 12.5. The summed E-state index contributed by atoms with van der Waals surface area (Å²) in [5.41, 5.74) is 5.08. The summed E-state index contributed by atoms with van der Waals surface area (Å²) in [6.07, 6.45) is 5.72. The number of hydrogen-bond acceptors (Lipinski definition) is 4. The van der Waals surface area contributed by atoms with E-state index < -0.39 is 28.9 Å². The number of rotatable bonds is 6. The minimum Gasteiger partial charge on any atom is -0.450 e. The quantitative estimate of drug-likeness (QED) is 0.445. The summed E-state index contributed by atoms with van der Waals surface area (Å²) >= 11 is 0. The van der Waals surface area contributed by atoms with Crippen molar-refractivity contribution in [3.63, 3.8) is 0 Å². The van der Waals surface area contributed by atoms with Gasteiger partial charge in [-0.3, -0.25) is 14.5 Å². The summed E-state index contributed by atoms with van der Waals surface area (Å²) in [4.78, 5) is 30.7. The molecule has 7 nitrogen and oxygen atoms in total. The first kappa shape index (κ1) is 20.6. The molecule has 166 valence electrons. The fraction of sp³-hybridized carbons (Fsp3) is 0.125. The van der Waals surface area contributed by atoms with Crippen LogP contribution in [-0.2, 0) is 9.59 Å². The fourth-order valence-corrected chi connectivity index (χ4v) is 3.71. The van der Waals surface area contributed by atoms with Crippen LogP contribution in [0, 0.1) is 17.0 Å². The molecule has 1 saturated carbocycles. The fourth-order valence-electron chi connectivity index (χ4n) is 3.71. The number of aromatic nitrogens is 2. The predicted octanol–water partition coefficient (Wildman–Crippen LogP) is 4.34. The minimum absolute atomic E-state index is 0.0719. The van der Waals surface area contributed by atoms with Gasteiger partial charge in [-0.15, -0.1) is 0 Å². The van der Waals surface area contributed by atoms with Gasteiger partial charge in [-0.2, -0.15) is 0 Å². The lowest BCUT2D eigenvalue weighted by Gasteiger charge is -2.26. The molecule has 0 spiro atoms. The molecule has 2 aromatic carbocycles. The molecule has 0 atom stereocenters. The number of ether oxygens (including phenoxy) is 1. The predicted molar refractivity (Wildman–Crippen MR) is 116 cm³/mol. The van der Waals surface area contributed by atoms with E-state index in [1.807, 2.05) is 0 Å². The maximum Gasteiger partial charge on any atom is 0.247 e. The molecule has 33 heavy (non-hydrogen) atoms. The Morgan fingerprint density at radius 2 is 1.73 bits per heavy atom. The number of pyridine rings is 1. The summed E-state index contributed by atoms with van der Waals surface area (Å²) in [5, 5.41) is 0. The second kappa shape index (κ2) is 7.70. The monoisotopic (exact) mass is 448 g/mol. The number of primary amides is 1. The van der Waals surface area contributed by atoms with Crippen molar-refractivity contribution in [1.29, 1.82) is 0 Å². The van der Waals surface area contributed by atoms with E-state index in [0.717, 1.165) is 6.07 Å². The zero-order valence-corrected chi connectivity index (χ0v) is 17.2. The first-order chi connectivity index (χ1) is 15.9. The van der Waals surface area contributed by atoms with Gasteiger partial charge in [0.2, 0.25) is 11.8 Å². The third-order valence-corrected chi connectivity index (χ3v) is 5.70. The van der Waals surface area contributed by atoms with Crippen LogP contribution in [0.1, 0.15) is 12.8 Å². The van der Waals surface area contributed by atoms with E-state index in [1.54, 1.807) is 35.1 Å². The minimum atomic E-state index is -1.35. The van der Waals surface area contributed by atoms with Crippen molar-refractivity contribution >= 4 is 28.8 Å². The van der Waals surface area contributed by atoms with Crippen LogP contribution in [0.5, 0.6) is 11.5 Å². The highest BCUT2D eigenvalue weighted by molar-refractivity contribution is 6.16. The van der Waals surface area contributed by atoms with E-state index in [-0.39, 0.29) is 17.1 Å². The highest BCUT2D eigenvalue weighted by Gasteiger charge is 2.57. The van der Waals surface area contributed by atoms with Crippen molar-refractivity contribution < 1.29 is 23.1 Å². The van der Waals surface area contributed by atoms with Crippen LogP contribution in [-0.4, -0.2) is 21.2 Å². The maximum atomic E-state index is 15.1. The van der Waals surface area contributed by atoms with Crippen LogP contribution >= 0.6 is 0 Å². The summed E-state index contributed by atoms with van der Waals surface area (Å²) in [6.45, 7) is 0. The van der Waals surface area contributed by atoms with Crippen molar-refractivity contribution in [1.82, 2.24) is 9.38 Å². The summed E-state index contributed by atoms with van der Waals surface area (Å²) in [5.74, 6) is -2.27. The number of imidazole rings is 1. The van der Waals surface area contributed by atoms with Crippen molar-refractivity contribution in [3.05, 3.63) is 84.8 Å². The Morgan fingerprint density at radius 1 is 1.00 bits per heavy atom. The van der Waals surface area contributed by atoms with Gasteiger partial charge in [-0.05, 0) is 61.4 Å². The third kappa shape index (κ3) is 3.57. The molecule has 2 amide bonds. The van der Waals surface area contributed by atoms with E-state index in [9.17, 15) is 14.0 Å². The molecular weight excluding hydrogens is 430 g/mol. The molecule has 0 unspecified atom stereocenters. The van der Waals surface area contributed by atoms with E-state index in [2.05, 4.69) is 4.98 Å². The van der Waals surface area contributed by atoms with Gasteiger partial charge in [-0.25, -0.2) is 13.8 Å². The Morgan fingerprint density at radius 3 is 2.39 bits per heavy atom. The second-order valence-electron chi connectivity index (χ2n) is 7.81. The first-order valence-electron chi connectivity index (χ1n) is 10.2. The molecule has 1 aliphatic rings. The van der Waals surface area contributed by atoms with E-state index in [0.29, 0.717) is 24.2 Å². The normalized spacial score (nSPS) is 14.1. The average molecular weight is 448 g/mol. The van der Waals surface area contributed by atoms with Crippen LogP contribution in [0.25, 0.3) is 5.65 Å². The number of carbonyl (C=O) groups is 2. The lowest BCUT2D eigenvalue weighted by Crippen LogP contribution is -2.41. The first-order valence-corrected chi connectivity index (χ1v) is 10.2. The lowest BCUT2D eigenvalue weighted by atomic mass is 10.0. The number of nitrogens with zero attached hydrogens (tertiary/aromatic N) is 3. The molecule has 9 heteroatoms. The van der Waals surface area contributed by atoms with Gasteiger partial charge < -0.3 is 14.9 Å². The van der Waals surface area contributed by atoms with E-state index in [4.69, 9.17) is 10.5 Å². The van der Waals surface area contributed by atoms with Crippen molar-refractivity contribution in [2.45, 2.75) is 12.8 Å². The molecule has 1 fully saturated rings. The maximum absolute atomic E-state index is 15.1. The molecular formula is C24H18F2N4O3. The Kier molecular flexibility index (Phi) is 4.81. The average Bonchev–Trinajstić information content (AvgIpc) is 3.48. The number of hydrogen-bond donors (Lipinski definition) is 1. The van der Waals surface area contributed by atoms with Crippen LogP contribution in [0.2, 0.25) is 0 Å². The molecule has 0 radical (unpaired) electrons. The highest BCUT2D eigenvalue weighted by Crippen LogP contribution is 2.49. The number of nitrogens with two attached hydrogens (primary N) is 1. The molecule has 2 aromatic heterocycles. The molecule has 2 N–H and O–H groups in total. The summed E-state index contributed by atoms with van der Waals surface area (Å²) < 4.78 is 36.0. The van der Waals surface area contributed by atoms with Crippen molar-refractivity contribution in [2.75, 3.05) is 4.90 Å². The molecule has 0 aliphatic heterocycles. The van der Waals surface area contributed by atoms with Crippen molar-refractivity contribution in [3.8, 4) is 11.5 Å². The van der Waals surface area contributed by atoms with Crippen LogP contribution in [0.15, 0.2) is 73.2 Å². The van der Waals surface area contributed by atoms with Crippen LogP contribution in [0.4, 0.5) is 20.2 Å². The Balaban J connectivity index is 1.52. The standard InChI is InChI=1S/C24H18F2N4O3/c25-15-3-5-16(6-4-15)30(23(32)24(9-10-24)22(27)31)17-7-8-19(18(26)14-17)33-20-2-1-12-29-13-11-28-21(20)29/h1-8,11-14H,9-10H2,(H2,27,31). The topological polar surface area (TPSA) is 89.9 Å². The van der Waals surface area contributed by atoms with Crippen molar-refractivity contribution in [2.24, 2.45) is 11.1 Å². The van der Waals surface area contributed by atoms with Gasteiger partial charge in [0.25, 0.3) is 0 Å². The molecule has 1 aliphatic carbocycles. The lowest BCUT2D eigenvalue weighted by molar-refractivity contribution is -0.133. The Bertz CT molecular complexity index is 1380. The number of fused-ring (bicyclic) bond motifs is 1. The van der Waals surface area contributed by atoms with Gasteiger partial charge in [0.15, 0.2) is 23.0 Å². The SMILES string of the molecule is NC(=O)C1(C(=O)N(c2ccc(F)cc2)c2ccc(Oc3cccn4ccnc34)c(F)c2)CC1. The van der Waals surface area contributed by atoms with Crippen LogP contribution in [0.3, 0.4) is 0 Å². The molecule has 2 heterocycles. The number of benzene rings is 2. The van der Waals surface area contributed by atoms with E-state index >= 15 is 4.39 Å². The van der Waals surface area contributed by atoms with Gasteiger partial charge in [0.05, 0.1) is 5.69 Å². The molecule has 4 aromatic rings. The Labute approximate surface area is 187 Å². The second-order valence-corrected chi connectivity index (χ2v) is 7.81. The Hall–Kier alpha value is -4.27. The number of amides is 2. The van der Waals surface area contributed by atoms with Crippen LogP contribution < -0.4 is 15.4 Å². The van der Waals surface area contributed by atoms with Gasteiger partial charge in [0.1, 0.15) is 11.2 Å². The largest absolute Gasteiger partial charge is 0.450 e. The zero-order chi connectivity index (χ0) is 23.2. The molecule has 0 bridgehead atoms. The highest BCUT2D eigenvalue weighted by atomic mass is 19.1. The molecule has 5 rings (SSSR count). The number of carbonyl (C=O) groups excluding carboxylic acids is 2. The number of anilines is 2. The van der Waals surface area contributed by atoms with Gasteiger partial charge in [-0.1, -0.05) is 0 Å². The number of halogens is 2. The van der Waals surface area contributed by atoms with Gasteiger partial charge in [0, 0.05) is 30.3 Å². The smallest absolute Gasteiger partial charge is 0.247 e. The molecule has 0 saturated heterocycles.